The van der Waals surface area contributed by atoms with Crippen molar-refractivity contribution < 1.29 is 14.2 Å². The van der Waals surface area contributed by atoms with Gasteiger partial charge in [0.2, 0.25) is 0 Å². The summed E-state index contributed by atoms with van der Waals surface area (Å²) in [5, 5.41) is 6.69. The van der Waals surface area contributed by atoms with Crippen molar-refractivity contribution in [3.63, 3.8) is 0 Å². The zero-order valence-corrected chi connectivity index (χ0v) is 17.5. The number of benzene rings is 2. The Morgan fingerprint density at radius 3 is 2.21 bits per heavy atom. The highest BCUT2D eigenvalue weighted by Crippen LogP contribution is 2.24. The minimum atomic E-state index is 0.738. The van der Waals surface area contributed by atoms with E-state index in [4.69, 9.17) is 14.2 Å². The fraction of sp³-hybridized carbons (Fsp3) is 0.409. The summed E-state index contributed by atoms with van der Waals surface area (Å²) in [5.74, 6) is 3.39. The number of hydrogen-bond donors (Lipinski definition) is 2. The van der Waals surface area contributed by atoms with Crippen LogP contribution in [0.25, 0.3) is 0 Å². The van der Waals surface area contributed by atoms with E-state index in [0.717, 1.165) is 60.3 Å². The van der Waals surface area contributed by atoms with Crippen molar-refractivity contribution in [1.82, 2.24) is 10.6 Å². The Morgan fingerprint density at radius 2 is 1.57 bits per heavy atom. The number of ether oxygens (including phenoxy) is 3. The first-order valence-corrected chi connectivity index (χ1v) is 9.40. The summed E-state index contributed by atoms with van der Waals surface area (Å²) in [5.41, 5.74) is 3.47. The average Bonchev–Trinajstić information content (AvgIpc) is 2.73. The van der Waals surface area contributed by atoms with Crippen LogP contribution in [0, 0.1) is 6.92 Å². The molecule has 6 nitrogen and oxygen atoms in total. The van der Waals surface area contributed by atoms with E-state index in [0.29, 0.717) is 0 Å². The van der Waals surface area contributed by atoms with Crippen LogP contribution in [-0.2, 0) is 12.8 Å². The molecule has 0 aliphatic carbocycles. The zero-order chi connectivity index (χ0) is 20.4. The third-order valence-corrected chi connectivity index (χ3v) is 4.58. The normalized spacial score (nSPS) is 11.1. The number of aryl methyl sites for hydroxylation is 1. The lowest BCUT2D eigenvalue weighted by atomic mass is 10.1. The maximum Gasteiger partial charge on any atom is 0.190 e. The van der Waals surface area contributed by atoms with Gasteiger partial charge in [-0.25, -0.2) is 0 Å². The second-order valence-corrected chi connectivity index (χ2v) is 6.41. The molecule has 0 radical (unpaired) electrons. The number of methoxy groups -OCH3 is 3. The maximum absolute atomic E-state index is 5.43. The lowest BCUT2D eigenvalue weighted by Gasteiger charge is -2.14. The summed E-state index contributed by atoms with van der Waals surface area (Å²) in [4.78, 5) is 4.29. The smallest absolute Gasteiger partial charge is 0.190 e. The molecule has 0 heterocycles. The first-order valence-electron chi connectivity index (χ1n) is 9.40. The van der Waals surface area contributed by atoms with Gasteiger partial charge in [-0.05, 0) is 60.7 Å². The van der Waals surface area contributed by atoms with Crippen LogP contribution in [0.4, 0.5) is 0 Å². The molecule has 2 aromatic carbocycles. The molecule has 0 aromatic heterocycles. The molecule has 0 fully saturated rings. The number of nitrogens with zero attached hydrogens (tertiary/aromatic N) is 1. The van der Waals surface area contributed by atoms with Gasteiger partial charge in [0.25, 0.3) is 0 Å². The van der Waals surface area contributed by atoms with Crippen molar-refractivity contribution in [2.24, 2.45) is 4.99 Å². The molecule has 6 heteroatoms. The molecule has 0 bridgehead atoms. The number of hydrogen-bond acceptors (Lipinski definition) is 4. The summed E-state index contributed by atoms with van der Waals surface area (Å²) in [6, 6.07) is 12.1. The van der Waals surface area contributed by atoms with Gasteiger partial charge in [0.05, 0.1) is 21.3 Å². The van der Waals surface area contributed by atoms with Crippen LogP contribution in [0.1, 0.15) is 16.7 Å². The molecule has 0 amide bonds. The summed E-state index contributed by atoms with van der Waals surface area (Å²) >= 11 is 0. The van der Waals surface area contributed by atoms with Crippen molar-refractivity contribution in [3.05, 3.63) is 53.1 Å². The SMILES string of the molecule is CN=C(NCCc1ccc(C)c(OC)c1)NCCc1cc(OC)ccc1OC. The lowest BCUT2D eigenvalue weighted by Crippen LogP contribution is -2.39. The van der Waals surface area contributed by atoms with Crippen molar-refractivity contribution >= 4 is 5.96 Å². The van der Waals surface area contributed by atoms with E-state index < -0.39 is 0 Å². The highest BCUT2D eigenvalue weighted by Gasteiger charge is 2.06. The van der Waals surface area contributed by atoms with Crippen molar-refractivity contribution in [2.45, 2.75) is 19.8 Å². The first kappa shape index (κ1) is 21.4. The van der Waals surface area contributed by atoms with E-state index in [-0.39, 0.29) is 0 Å². The Labute approximate surface area is 167 Å². The van der Waals surface area contributed by atoms with E-state index in [2.05, 4.69) is 33.8 Å². The third kappa shape index (κ3) is 6.08. The number of nitrogens with one attached hydrogen (secondary N) is 2. The molecule has 2 N–H and O–H groups in total. The van der Waals surface area contributed by atoms with Crippen LogP contribution < -0.4 is 24.8 Å². The number of rotatable bonds is 9. The maximum atomic E-state index is 5.43. The summed E-state index contributed by atoms with van der Waals surface area (Å²) in [6.45, 7) is 3.57. The lowest BCUT2D eigenvalue weighted by molar-refractivity contribution is 0.398. The van der Waals surface area contributed by atoms with Gasteiger partial charge in [-0.1, -0.05) is 12.1 Å². The molecular formula is C22H31N3O3. The Balaban J connectivity index is 1.82. The molecule has 2 rings (SSSR count). The molecule has 0 atom stereocenters. The highest BCUT2D eigenvalue weighted by molar-refractivity contribution is 5.79. The second-order valence-electron chi connectivity index (χ2n) is 6.41. The molecule has 0 unspecified atom stereocenters. The predicted molar refractivity (Wildman–Crippen MR) is 114 cm³/mol. The topological polar surface area (TPSA) is 64.1 Å². The van der Waals surface area contributed by atoms with Crippen LogP contribution in [0.3, 0.4) is 0 Å². The summed E-state index contributed by atoms with van der Waals surface area (Å²) < 4.78 is 16.1. The quantitative estimate of drug-likeness (QED) is 0.513. The van der Waals surface area contributed by atoms with Crippen LogP contribution in [-0.4, -0.2) is 47.4 Å². The Bertz CT molecular complexity index is 791. The molecule has 2 aromatic rings. The molecule has 0 saturated heterocycles. The van der Waals surface area contributed by atoms with Gasteiger partial charge in [-0.15, -0.1) is 0 Å². The predicted octanol–water partition coefficient (Wildman–Crippen LogP) is 2.97. The average molecular weight is 386 g/mol. The molecule has 0 saturated carbocycles. The van der Waals surface area contributed by atoms with E-state index in [1.807, 2.05) is 25.1 Å². The monoisotopic (exact) mass is 385 g/mol. The Morgan fingerprint density at radius 1 is 0.857 bits per heavy atom. The van der Waals surface area contributed by atoms with Gasteiger partial charge in [0.15, 0.2) is 5.96 Å². The molecule has 0 aliphatic heterocycles. The van der Waals surface area contributed by atoms with Crippen LogP contribution in [0.15, 0.2) is 41.4 Å². The van der Waals surface area contributed by atoms with Crippen LogP contribution in [0.2, 0.25) is 0 Å². The number of aliphatic imine (C=N–C) groups is 1. The largest absolute Gasteiger partial charge is 0.497 e. The van der Waals surface area contributed by atoms with Gasteiger partial charge in [0.1, 0.15) is 17.2 Å². The fourth-order valence-electron chi connectivity index (χ4n) is 2.96. The third-order valence-electron chi connectivity index (χ3n) is 4.58. The Hall–Kier alpha value is -2.89. The van der Waals surface area contributed by atoms with Gasteiger partial charge in [-0.3, -0.25) is 4.99 Å². The van der Waals surface area contributed by atoms with Gasteiger partial charge < -0.3 is 24.8 Å². The first-order chi connectivity index (χ1) is 13.6. The zero-order valence-electron chi connectivity index (χ0n) is 17.5. The van der Waals surface area contributed by atoms with E-state index >= 15 is 0 Å². The highest BCUT2D eigenvalue weighted by atomic mass is 16.5. The van der Waals surface area contributed by atoms with Crippen LogP contribution in [0.5, 0.6) is 17.2 Å². The second kappa shape index (κ2) is 11.1. The van der Waals surface area contributed by atoms with E-state index in [1.165, 1.54) is 5.56 Å². The molecule has 0 aliphatic rings. The molecule has 152 valence electrons. The van der Waals surface area contributed by atoms with E-state index in [9.17, 15) is 0 Å². The van der Waals surface area contributed by atoms with Gasteiger partial charge in [-0.2, -0.15) is 0 Å². The van der Waals surface area contributed by atoms with Gasteiger partial charge >= 0.3 is 0 Å². The minimum absolute atomic E-state index is 0.738. The van der Waals surface area contributed by atoms with Crippen molar-refractivity contribution in [3.8, 4) is 17.2 Å². The molecular weight excluding hydrogens is 354 g/mol. The number of guanidine groups is 1. The van der Waals surface area contributed by atoms with E-state index in [1.54, 1.807) is 28.4 Å². The fourth-order valence-corrected chi connectivity index (χ4v) is 2.96. The molecule has 0 spiro atoms. The minimum Gasteiger partial charge on any atom is -0.497 e. The Kier molecular flexibility index (Phi) is 8.46. The van der Waals surface area contributed by atoms with Crippen molar-refractivity contribution in [2.75, 3.05) is 41.5 Å². The summed E-state index contributed by atoms with van der Waals surface area (Å²) in [6.07, 6.45) is 1.69. The summed E-state index contributed by atoms with van der Waals surface area (Å²) in [7, 11) is 6.82. The van der Waals surface area contributed by atoms with Gasteiger partial charge in [0, 0.05) is 20.1 Å². The molecule has 28 heavy (non-hydrogen) atoms. The standard InChI is InChI=1S/C22H31N3O3/c1-16-6-7-17(14-21(16)28-5)10-12-24-22(23-2)25-13-11-18-15-19(26-3)8-9-20(18)27-4/h6-9,14-15H,10-13H2,1-5H3,(H2,23,24,25). The van der Waals surface area contributed by atoms with Crippen molar-refractivity contribution in [1.29, 1.82) is 0 Å². The van der Waals surface area contributed by atoms with Crippen LogP contribution >= 0.6 is 0 Å².